The van der Waals surface area contributed by atoms with Gasteiger partial charge in [-0.25, -0.2) is 0 Å². The van der Waals surface area contributed by atoms with Crippen LogP contribution in [0, 0.1) is 0 Å². The second-order valence-corrected chi connectivity index (χ2v) is 12.5. The standard InChI is InChI=1S/C22H29IOSi/c1-22(2,3)25(20-14-8-6-9-15-20,21-16-10-7-11-17-21)24-19-13-5-4-12-18-23/h4,6-12,14-17H,5,13,18-19H2,1-3H3/b12-4+. The number of hydrogen-bond acceptors (Lipinski definition) is 1. The van der Waals surface area contributed by atoms with E-state index in [4.69, 9.17) is 4.43 Å². The third kappa shape index (κ3) is 5.05. The van der Waals surface area contributed by atoms with Gasteiger partial charge in [0, 0.05) is 11.0 Å². The fourth-order valence-electron chi connectivity index (χ4n) is 3.37. The summed E-state index contributed by atoms with van der Waals surface area (Å²) in [6, 6.07) is 21.7. The molecule has 2 rings (SSSR count). The third-order valence-electron chi connectivity index (χ3n) is 4.51. The van der Waals surface area contributed by atoms with Gasteiger partial charge < -0.3 is 4.43 Å². The van der Waals surface area contributed by atoms with Gasteiger partial charge in [0.15, 0.2) is 0 Å². The molecule has 2 aromatic carbocycles. The van der Waals surface area contributed by atoms with E-state index in [1.54, 1.807) is 0 Å². The van der Waals surface area contributed by atoms with Crippen LogP contribution in [-0.2, 0) is 4.43 Å². The Morgan fingerprint density at radius 1 is 0.880 bits per heavy atom. The molecule has 0 saturated heterocycles. The SMILES string of the molecule is CC(C)(C)[Si](OCCC/C=C/CI)(c1ccccc1)c1ccccc1. The van der Waals surface area contributed by atoms with Crippen molar-refractivity contribution in [1.82, 2.24) is 0 Å². The molecule has 134 valence electrons. The molecule has 0 saturated carbocycles. The van der Waals surface area contributed by atoms with Gasteiger partial charge in [-0.2, -0.15) is 0 Å². The number of halogens is 1. The fourth-order valence-corrected chi connectivity index (χ4v) is 8.33. The monoisotopic (exact) mass is 464 g/mol. The van der Waals surface area contributed by atoms with Crippen LogP contribution in [-0.4, -0.2) is 19.4 Å². The lowest BCUT2D eigenvalue weighted by atomic mass is 10.2. The molecule has 0 aliphatic rings. The van der Waals surface area contributed by atoms with Crippen LogP contribution in [0.3, 0.4) is 0 Å². The summed E-state index contributed by atoms with van der Waals surface area (Å²) in [7, 11) is -2.34. The lowest BCUT2D eigenvalue weighted by Gasteiger charge is -2.43. The predicted octanol–water partition coefficient (Wildman–Crippen LogP) is 5.33. The molecule has 2 aromatic rings. The van der Waals surface area contributed by atoms with E-state index < -0.39 is 8.32 Å². The first-order chi connectivity index (χ1) is 12.0. The second kappa shape index (κ2) is 9.69. The molecule has 0 N–H and O–H groups in total. The van der Waals surface area contributed by atoms with Crippen LogP contribution < -0.4 is 10.4 Å². The molecule has 0 radical (unpaired) electrons. The molecule has 0 atom stereocenters. The molecule has 25 heavy (non-hydrogen) atoms. The average Bonchev–Trinajstić information content (AvgIpc) is 2.62. The third-order valence-corrected chi connectivity index (χ3v) is 10.1. The number of alkyl halides is 1. The Bertz CT molecular complexity index is 607. The fraction of sp³-hybridized carbons (Fsp3) is 0.364. The molecule has 0 bridgehead atoms. The van der Waals surface area contributed by atoms with Gasteiger partial charge in [-0.05, 0) is 28.3 Å². The molecule has 0 heterocycles. The maximum absolute atomic E-state index is 6.85. The van der Waals surface area contributed by atoms with Crippen LogP contribution in [0.15, 0.2) is 72.8 Å². The molecule has 0 amide bonds. The molecular formula is C22H29IOSi. The molecular weight excluding hydrogens is 435 g/mol. The van der Waals surface area contributed by atoms with Crippen molar-refractivity contribution in [2.45, 2.75) is 38.7 Å². The first kappa shape index (κ1) is 20.4. The smallest absolute Gasteiger partial charge is 0.261 e. The van der Waals surface area contributed by atoms with Crippen molar-refractivity contribution in [2.75, 3.05) is 11.0 Å². The lowest BCUT2D eigenvalue weighted by Crippen LogP contribution is -2.66. The van der Waals surface area contributed by atoms with Crippen molar-refractivity contribution >= 4 is 41.3 Å². The highest BCUT2D eigenvalue weighted by atomic mass is 127. The van der Waals surface area contributed by atoms with Crippen LogP contribution in [0.1, 0.15) is 33.6 Å². The van der Waals surface area contributed by atoms with Gasteiger partial charge >= 0.3 is 0 Å². The second-order valence-electron chi connectivity index (χ2n) is 7.28. The van der Waals surface area contributed by atoms with E-state index in [-0.39, 0.29) is 5.04 Å². The minimum absolute atomic E-state index is 0.0632. The topological polar surface area (TPSA) is 9.23 Å². The molecule has 0 spiro atoms. The summed E-state index contributed by atoms with van der Waals surface area (Å²) in [5.41, 5.74) is 0. The van der Waals surface area contributed by atoms with Gasteiger partial charge in [0.05, 0.1) is 0 Å². The molecule has 0 fully saturated rings. The number of allylic oxidation sites excluding steroid dienone is 2. The van der Waals surface area contributed by atoms with Crippen LogP contribution in [0.5, 0.6) is 0 Å². The summed E-state index contributed by atoms with van der Waals surface area (Å²) in [4.78, 5) is 0. The van der Waals surface area contributed by atoms with E-state index in [0.717, 1.165) is 23.9 Å². The van der Waals surface area contributed by atoms with Crippen molar-refractivity contribution < 1.29 is 4.43 Å². The van der Waals surface area contributed by atoms with Crippen molar-refractivity contribution in [2.24, 2.45) is 0 Å². The highest BCUT2D eigenvalue weighted by Crippen LogP contribution is 2.36. The highest BCUT2D eigenvalue weighted by Gasteiger charge is 2.49. The van der Waals surface area contributed by atoms with Gasteiger partial charge in [0.25, 0.3) is 8.32 Å². The Kier molecular flexibility index (Phi) is 7.91. The molecule has 0 aliphatic heterocycles. The summed E-state index contributed by atoms with van der Waals surface area (Å²) < 4.78 is 7.93. The molecule has 0 aliphatic carbocycles. The number of unbranched alkanes of at least 4 members (excludes halogenated alkanes) is 1. The number of rotatable bonds is 8. The normalized spacial score (nSPS) is 12.6. The van der Waals surface area contributed by atoms with Crippen molar-refractivity contribution in [3.05, 3.63) is 72.8 Å². The Hall–Kier alpha value is -0.913. The molecule has 0 aromatic heterocycles. The summed E-state index contributed by atoms with van der Waals surface area (Å²) in [5, 5.41) is 2.78. The van der Waals surface area contributed by atoms with E-state index in [9.17, 15) is 0 Å². The summed E-state index contributed by atoms with van der Waals surface area (Å²) in [6.07, 6.45) is 6.64. The minimum Gasteiger partial charge on any atom is -0.407 e. The highest BCUT2D eigenvalue weighted by molar-refractivity contribution is 14.1. The van der Waals surface area contributed by atoms with E-state index in [0.29, 0.717) is 0 Å². The van der Waals surface area contributed by atoms with Crippen molar-refractivity contribution in [3.8, 4) is 0 Å². The molecule has 1 nitrogen and oxygen atoms in total. The number of hydrogen-bond donors (Lipinski definition) is 0. The Labute approximate surface area is 167 Å². The molecule has 3 heteroatoms. The van der Waals surface area contributed by atoms with Gasteiger partial charge in [-0.15, -0.1) is 0 Å². The lowest BCUT2D eigenvalue weighted by molar-refractivity contribution is 0.293. The van der Waals surface area contributed by atoms with Gasteiger partial charge in [0.1, 0.15) is 0 Å². The first-order valence-electron chi connectivity index (χ1n) is 8.98. The molecule has 0 unspecified atom stereocenters. The predicted molar refractivity (Wildman–Crippen MR) is 121 cm³/mol. The first-order valence-corrected chi connectivity index (χ1v) is 12.4. The van der Waals surface area contributed by atoms with E-state index >= 15 is 0 Å². The van der Waals surface area contributed by atoms with E-state index in [2.05, 4.69) is 116 Å². The Balaban J connectivity index is 2.37. The maximum atomic E-state index is 6.85. The van der Waals surface area contributed by atoms with Gasteiger partial charge in [-0.3, -0.25) is 0 Å². The number of benzene rings is 2. The van der Waals surface area contributed by atoms with Gasteiger partial charge in [0.2, 0.25) is 0 Å². The summed E-state index contributed by atoms with van der Waals surface area (Å²) in [6.45, 7) is 7.79. The zero-order chi connectivity index (χ0) is 18.2. The van der Waals surface area contributed by atoms with E-state index in [1.165, 1.54) is 10.4 Å². The maximum Gasteiger partial charge on any atom is 0.261 e. The zero-order valence-electron chi connectivity index (χ0n) is 15.5. The summed E-state index contributed by atoms with van der Waals surface area (Å²) in [5.74, 6) is 0. The largest absolute Gasteiger partial charge is 0.407 e. The Morgan fingerprint density at radius 3 is 1.84 bits per heavy atom. The summed E-state index contributed by atoms with van der Waals surface area (Å²) >= 11 is 2.38. The quantitative estimate of drug-likeness (QED) is 0.169. The zero-order valence-corrected chi connectivity index (χ0v) is 18.7. The van der Waals surface area contributed by atoms with Crippen LogP contribution in [0.25, 0.3) is 0 Å². The Morgan fingerprint density at radius 2 is 1.40 bits per heavy atom. The van der Waals surface area contributed by atoms with Crippen LogP contribution in [0.2, 0.25) is 5.04 Å². The van der Waals surface area contributed by atoms with Gasteiger partial charge in [-0.1, -0.05) is 116 Å². The van der Waals surface area contributed by atoms with Crippen molar-refractivity contribution in [3.63, 3.8) is 0 Å². The minimum atomic E-state index is -2.34. The average molecular weight is 464 g/mol. The van der Waals surface area contributed by atoms with Crippen LogP contribution >= 0.6 is 22.6 Å². The van der Waals surface area contributed by atoms with Crippen molar-refractivity contribution in [1.29, 1.82) is 0 Å². The van der Waals surface area contributed by atoms with E-state index in [1.807, 2.05) is 0 Å². The van der Waals surface area contributed by atoms with Crippen LogP contribution in [0.4, 0.5) is 0 Å².